The Bertz CT molecular complexity index is 873. The fraction of sp³-hybridized carbons (Fsp3) is 0.385. The standard InChI is InChI=1S/C16H19O7P.C10H16O2/c1-3-15(17)20-10-12-22-24(19,14-8-6-5-7-9-14)23-13-11-21-16(18)4-2;1-3-8(2)12-10-6-4-9(11)5-7-10/h3-9H,1-2,10-13H2;3,9-11H,1-2,4-7H2. The Morgan fingerprint density at radius 2 is 1.36 bits per heavy atom. The maximum Gasteiger partial charge on any atom is 0.361 e. The fourth-order valence-corrected chi connectivity index (χ4v) is 4.48. The smallest absolute Gasteiger partial charge is 0.361 e. The van der Waals surface area contributed by atoms with Gasteiger partial charge in [0.2, 0.25) is 0 Å². The SMILES string of the molecule is C=CC(=C)OC1CCC(O)CC1.C=CC(=O)OCCOP(=O)(OCCOC(=O)C=C)c1ccccc1. The van der Waals surface area contributed by atoms with Gasteiger partial charge in [0.1, 0.15) is 19.0 Å². The minimum Gasteiger partial charge on any atom is -0.491 e. The van der Waals surface area contributed by atoms with E-state index in [4.69, 9.17) is 23.3 Å². The zero-order chi connectivity index (χ0) is 26.8. The average molecular weight is 523 g/mol. The van der Waals surface area contributed by atoms with Gasteiger partial charge in [-0.1, -0.05) is 44.5 Å². The summed E-state index contributed by atoms with van der Waals surface area (Å²) in [6.07, 6.45) is 7.29. The Morgan fingerprint density at radius 1 is 0.861 bits per heavy atom. The van der Waals surface area contributed by atoms with Crippen LogP contribution in [0.2, 0.25) is 0 Å². The molecule has 0 unspecified atom stereocenters. The third kappa shape index (κ3) is 12.7. The van der Waals surface area contributed by atoms with Crippen molar-refractivity contribution in [3.8, 4) is 0 Å². The Hall–Kier alpha value is -2.97. The summed E-state index contributed by atoms with van der Waals surface area (Å²) in [7, 11) is -3.64. The third-order valence-corrected chi connectivity index (χ3v) is 6.75. The summed E-state index contributed by atoms with van der Waals surface area (Å²) in [5, 5.41) is 9.56. The Labute approximate surface area is 212 Å². The molecule has 1 N–H and O–H groups in total. The van der Waals surface area contributed by atoms with Gasteiger partial charge in [-0.3, -0.25) is 4.57 Å². The average Bonchev–Trinajstić information content (AvgIpc) is 2.90. The highest BCUT2D eigenvalue weighted by Crippen LogP contribution is 2.46. The first kappa shape index (κ1) is 31.1. The molecule has 1 aromatic rings. The molecule has 0 aliphatic heterocycles. The molecule has 1 aliphatic rings. The van der Waals surface area contributed by atoms with Gasteiger partial charge < -0.3 is 28.4 Å². The Morgan fingerprint density at radius 3 is 1.81 bits per heavy atom. The van der Waals surface area contributed by atoms with E-state index in [-0.39, 0.29) is 38.6 Å². The van der Waals surface area contributed by atoms with E-state index in [1.807, 2.05) is 0 Å². The van der Waals surface area contributed by atoms with E-state index in [1.54, 1.807) is 36.4 Å². The van der Waals surface area contributed by atoms with Crippen LogP contribution in [0.3, 0.4) is 0 Å². The molecule has 0 saturated heterocycles. The number of carbonyl (C=O) groups is 2. The molecule has 0 radical (unpaired) electrons. The second kappa shape index (κ2) is 17.5. The highest BCUT2D eigenvalue weighted by atomic mass is 31.2. The zero-order valence-electron chi connectivity index (χ0n) is 20.4. The van der Waals surface area contributed by atoms with Gasteiger partial charge in [-0.25, -0.2) is 9.59 Å². The van der Waals surface area contributed by atoms with Crippen LogP contribution in [0.5, 0.6) is 0 Å². The van der Waals surface area contributed by atoms with Gasteiger partial charge in [0.15, 0.2) is 0 Å². The lowest BCUT2D eigenvalue weighted by atomic mass is 9.95. The second-order valence-corrected chi connectivity index (χ2v) is 9.49. The first-order valence-corrected chi connectivity index (χ1v) is 13.0. The van der Waals surface area contributed by atoms with Crippen LogP contribution in [-0.2, 0) is 37.4 Å². The predicted octanol–water partition coefficient (Wildman–Crippen LogP) is 4.00. The molecule has 1 saturated carbocycles. The Balaban J connectivity index is 0.000000450. The van der Waals surface area contributed by atoms with Crippen LogP contribution in [0, 0.1) is 0 Å². The number of carbonyl (C=O) groups excluding carboxylic acids is 2. The van der Waals surface area contributed by atoms with Crippen LogP contribution >= 0.6 is 7.60 Å². The van der Waals surface area contributed by atoms with Crippen LogP contribution in [0.15, 0.2) is 80.6 Å². The molecule has 1 aromatic carbocycles. The number of aliphatic hydroxyl groups is 1. The van der Waals surface area contributed by atoms with E-state index in [0.29, 0.717) is 11.1 Å². The molecule has 9 nitrogen and oxygen atoms in total. The number of ether oxygens (including phenoxy) is 3. The Kier molecular flexibility index (Phi) is 15.1. The highest BCUT2D eigenvalue weighted by molar-refractivity contribution is 7.62. The van der Waals surface area contributed by atoms with Crippen LogP contribution in [0.1, 0.15) is 25.7 Å². The number of rotatable bonds is 14. The summed E-state index contributed by atoms with van der Waals surface area (Å²) in [6, 6.07) is 8.30. The highest BCUT2D eigenvalue weighted by Gasteiger charge is 2.27. The van der Waals surface area contributed by atoms with Crippen molar-refractivity contribution in [1.29, 1.82) is 0 Å². The quantitative estimate of drug-likeness (QED) is 0.0966. The van der Waals surface area contributed by atoms with Gasteiger partial charge >= 0.3 is 19.5 Å². The van der Waals surface area contributed by atoms with Crippen molar-refractivity contribution < 1.29 is 42.5 Å². The number of aliphatic hydroxyl groups excluding tert-OH is 1. The van der Waals surface area contributed by atoms with Gasteiger partial charge in [-0.2, -0.15) is 0 Å². The fourth-order valence-electron chi connectivity index (χ4n) is 2.94. The summed E-state index contributed by atoms with van der Waals surface area (Å²) in [6.45, 7) is 13.3. The molecular formula is C26H35O9P. The van der Waals surface area contributed by atoms with Crippen molar-refractivity contribution >= 4 is 24.8 Å². The van der Waals surface area contributed by atoms with Crippen molar-refractivity contribution in [2.75, 3.05) is 26.4 Å². The number of hydrogen-bond donors (Lipinski definition) is 1. The molecule has 0 aromatic heterocycles. The van der Waals surface area contributed by atoms with Gasteiger partial charge in [0, 0.05) is 12.2 Å². The lowest BCUT2D eigenvalue weighted by Crippen LogP contribution is -2.23. The van der Waals surface area contributed by atoms with Crippen LogP contribution in [0.25, 0.3) is 0 Å². The maximum atomic E-state index is 12.9. The van der Waals surface area contributed by atoms with E-state index >= 15 is 0 Å². The predicted molar refractivity (Wildman–Crippen MR) is 137 cm³/mol. The number of allylic oxidation sites excluding steroid dienone is 1. The van der Waals surface area contributed by atoms with Crippen LogP contribution < -0.4 is 5.30 Å². The van der Waals surface area contributed by atoms with Gasteiger partial charge in [-0.05, 0) is 43.9 Å². The first-order chi connectivity index (χ1) is 17.2. The van der Waals surface area contributed by atoms with E-state index in [1.165, 1.54) is 0 Å². The molecular weight excluding hydrogens is 487 g/mol. The minimum absolute atomic E-state index is 0.101. The molecule has 36 heavy (non-hydrogen) atoms. The van der Waals surface area contributed by atoms with Gasteiger partial charge in [0.05, 0.1) is 30.7 Å². The number of esters is 2. The first-order valence-electron chi connectivity index (χ1n) is 11.4. The summed E-state index contributed by atoms with van der Waals surface area (Å²) < 4.78 is 38.5. The van der Waals surface area contributed by atoms with Crippen molar-refractivity contribution in [2.24, 2.45) is 0 Å². The molecule has 10 heteroatoms. The number of hydrogen-bond acceptors (Lipinski definition) is 9. The van der Waals surface area contributed by atoms with Crippen LogP contribution in [-0.4, -0.2) is 55.7 Å². The monoisotopic (exact) mass is 522 g/mol. The maximum absolute atomic E-state index is 12.9. The van der Waals surface area contributed by atoms with Crippen molar-refractivity contribution in [3.63, 3.8) is 0 Å². The largest absolute Gasteiger partial charge is 0.491 e. The summed E-state index contributed by atoms with van der Waals surface area (Å²) in [5.41, 5.74) is 0. The van der Waals surface area contributed by atoms with Crippen molar-refractivity contribution in [2.45, 2.75) is 37.9 Å². The summed E-state index contributed by atoms with van der Waals surface area (Å²) >= 11 is 0. The van der Waals surface area contributed by atoms with E-state index < -0.39 is 19.5 Å². The zero-order valence-corrected chi connectivity index (χ0v) is 21.3. The lowest BCUT2D eigenvalue weighted by Gasteiger charge is -2.26. The molecule has 0 bridgehead atoms. The minimum atomic E-state index is -3.64. The third-order valence-electron chi connectivity index (χ3n) is 4.77. The van der Waals surface area contributed by atoms with Crippen LogP contribution in [0.4, 0.5) is 0 Å². The lowest BCUT2D eigenvalue weighted by molar-refractivity contribution is -0.139. The molecule has 0 spiro atoms. The molecule has 0 amide bonds. The molecule has 1 aliphatic carbocycles. The number of benzene rings is 1. The van der Waals surface area contributed by atoms with Crippen molar-refractivity contribution in [3.05, 3.63) is 80.6 Å². The molecule has 0 heterocycles. The van der Waals surface area contributed by atoms with Gasteiger partial charge in [0.25, 0.3) is 0 Å². The molecule has 1 fully saturated rings. The van der Waals surface area contributed by atoms with E-state index in [2.05, 4.69) is 26.3 Å². The molecule has 0 atom stereocenters. The summed E-state index contributed by atoms with van der Waals surface area (Å²) in [5.74, 6) is -0.577. The molecule has 2 rings (SSSR count). The van der Waals surface area contributed by atoms with E-state index in [0.717, 1.165) is 37.8 Å². The molecule has 198 valence electrons. The summed E-state index contributed by atoms with van der Waals surface area (Å²) in [4.78, 5) is 21.9. The second-order valence-electron chi connectivity index (χ2n) is 7.46. The van der Waals surface area contributed by atoms with Gasteiger partial charge in [-0.15, -0.1) is 0 Å². The van der Waals surface area contributed by atoms with Crippen molar-refractivity contribution in [1.82, 2.24) is 0 Å². The topological polar surface area (TPSA) is 118 Å². The van der Waals surface area contributed by atoms with E-state index in [9.17, 15) is 19.3 Å². The normalized spacial score (nSPS) is 16.9.